The summed E-state index contributed by atoms with van der Waals surface area (Å²) in [4.78, 5) is 12.4. The lowest BCUT2D eigenvalue weighted by Crippen LogP contribution is -2.03. The number of rotatable bonds is 4. The van der Waals surface area contributed by atoms with Gasteiger partial charge in [-0.3, -0.25) is 10.1 Å². The minimum Gasteiger partial charge on any atom is -0.353 e. The zero-order valence-corrected chi connectivity index (χ0v) is 13.6. The molecule has 120 valence electrons. The molecule has 0 saturated heterocycles. The molecular formula is C18H18N6. The number of aromatic nitrogens is 4. The largest absolute Gasteiger partial charge is 0.353 e. The van der Waals surface area contributed by atoms with Crippen LogP contribution >= 0.6 is 0 Å². The standard InChI is InChI=1S/C18H18N6/c1-10-8-13(11(2)20-10)12(3)21-16-9-19-24-17(16)18-22-14-6-4-5-7-15(14)23-18/h4-7,9,21H,3,8H2,1-2H3,(H,19,24)(H,22,23). The van der Waals surface area contributed by atoms with Gasteiger partial charge in [-0.15, -0.1) is 0 Å². The van der Waals surface area contributed by atoms with E-state index in [2.05, 4.69) is 37.1 Å². The number of fused-ring (bicyclic) bond motifs is 1. The van der Waals surface area contributed by atoms with E-state index in [1.54, 1.807) is 6.20 Å². The van der Waals surface area contributed by atoms with Crippen molar-refractivity contribution in [3.8, 4) is 11.5 Å². The topological polar surface area (TPSA) is 81.8 Å². The Hall–Kier alpha value is -3.15. The van der Waals surface area contributed by atoms with E-state index in [4.69, 9.17) is 0 Å². The van der Waals surface area contributed by atoms with E-state index in [-0.39, 0.29) is 0 Å². The number of hydrogen-bond donors (Lipinski definition) is 3. The summed E-state index contributed by atoms with van der Waals surface area (Å²) in [5.41, 5.74) is 7.64. The first kappa shape index (κ1) is 14.4. The molecule has 0 amide bonds. The van der Waals surface area contributed by atoms with Crippen LogP contribution in [0.3, 0.4) is 0 Å². The molecular weight excluding hydrogens is 300 g/mol. The minimum absolute atomic E-state index is 0.744. The van der Waals surface area contributed by atoms with Gasteiger partial charge in [0.2, 0.25) is 0 Å². The van der Waals surface area contributed by atoms with Crippen LogP contribution in [-0.2, 0) is 0 Å². The molecule has 3 N–H and O–H groups in total. The number of benzene rings is 1. The molecule has 3 aromatic rings. The summed E-state index contributed by atoms with van der Waals surface area (Å²) in [6.07, 6.45) is 2.57. The fourth-order valence-corrected chi connectivity index (χ4v) is 2.97. The second kappa shape index (κ2) is 5.49. The van der Waals surface area contributed by atoms with Crippen LogP contribution in [-0.4, -0.2) is 25.9 Å². The Labute approximate surface area is 139 Å². The summed E-state index contributed by atoms with van der Waals surface area (Å²) in [5, 5.41) is 10.5. The Bertz CT molecular complexity index is 968. The number of allylic oxidation sites excluding steroid dienone is 2. The third-order valence-corrected chi connectivity index (χ3v) is 4.14. The quantitative estimate of drug-likeness (QED) is 0.679. The van der Waals surface area contributed by atoms with E-state index in [1.807, 2.05) is 38.1 Å². The molecule has 0 radical (unpaired) electrons. The van der Waals surface area contributed by atoms with Crippen LogP contribution in [0.5, 0.6) is 0 Å². The Kier molecular flexibility index (Phi) is 3.30. The van der Waals surface area contributed by atoms with Gasteiger partial charge >= 0.3 is 0 Å². The number of nitrogens with zero attached hydrogens (tertiary/aromatic N) is 3. The van der Waals surface area contributed by atoms with E-state index < -0.39 is 0 Å². The maximum absolute atomic E-state index is 4.62. The van der Waals surface area contributed by atoms with Gasteiger partial charge in [-0.1, -0.05) is 18.7 Å². The first-order valence-corrected chi connectivity index (χ1v) is 7.80. The van der Waals surface area contributed by atoms with Gasteiger partial charge in [0.25, 0.3) is 0 Å². The van der Waals surface area contributed by atoms with Crippen LogP contribution in [0.2, 0.25) is 0 Å². The summed E-state index contributed by atoms with van der Waals surface area (Å²) in [6.45, 7) is 8.20. The van der Waals surface area contributed by atoms with Gasteiger partial charge < -0.3 is 10.3 Å². The Balaban J connectivity index is 1.63. The number of imidazole rings is 1. The summed E-state index contributed by atoms with van der Waals surface area (Å²) in [7, 11) is 0. The van der Waals surface area contributed by atoms with Crippen LogP contribution < -0.4 is 5.32 Å². The molecule has 0 unspecified atom stereocenters. The molecule has 6 nitrogen and oxygen atoms in total. The van der Waals surface area contributed by atoms with E-state index in [0.29, 0.717) is 0 Å². The zero-order chi connectivity index (χ0) is 16.7. The van der Waals surface area contributed by atoms with Crippen molar-refractivity contribution in [1.82, 2.24) is 20.2 Å². The Morgan fingerprint density at radius 1 is 1.25 bits per heavy atom. The Morgan fingerprint density at radius 2 is 2.08 bits per heavy atom. The van der Waals surface area contributed by atoms with E-state index in [9.17, 15) is 0 Å². The molecule has 0 saturated carbocycles. The number of aromatic amines is 2. The van der Waals surface area contributed by atoms with Crippen molar-refractivity contribution in [3.05, 3.63) is 54.0 Å². The first-order valence-electron chi connectivity index (χ1n) is 7.80. The third kappa shape index (κ3) is 2.42. The van der Waals surface area contributed by atoms with E-state index in [1.165, 1.54) is 0 Å². The molecule has 2 aromatic heterocycles. The Morgan fingerprint density at radius 3 is 2.83 bits per heavy atom. The van der Waals surface area contributed by atoms with Crippen LogP contribution in [0.15, 0.2) is 59.0 Å². The fourth-order valence-electron chi connectivity index (χ4n) is 2.97. The lowest BCUT2D eigenvalue weighted by Gasteiger charge is -2.11. The van der Waals surface area contributed by atoms with Crippen molar-refractivity contribution in [3.63, 3.8) is 0 Å². The van der Waals surface area contributed by atoms with Crippen LogP contribution in [0.25, 0.3) is 22.6 Å². The first-order chi connectivity index (χ1) is 11.6. The van der Waals surface area contributed by atoms with Gasteiger partial charge in [-0.25, -0.2) is 4.98 Å². The number of hydrogen-bond acceptors (Lipinski definition) is 4. The molecule has 4 rings (SSSR count). The maximum Gasteiger partial charge on any atom is 0.158 e. The van der Waals surface area contributed by atoms with Crippen molar-refractivity contribution >= 4 is 22.4 Å². The lowest BCUT2D eigenvalue weighted by atomic mass is 10.1. The minimum atomic E-state index is 0.744. The van der Waals surface area contributed by atoms with Gasteiger partial charge in [0.1, 0.15) is 5.69 Å². The van der Waals surface area contributed by atoms with Gasteiger partial charge in [0.15, 0.2) is 5.82 Å². The molecule has 0 spiro atoms. The van der Waals surface area contributed by atoms with E-state index >= 15 is 0 Å². The van der Waals surface area contributed by atoms with Crippen molar-refractivity contribution in [2.45, 2.75) is 20.3 Å². The van der Waals surface area contributed by atoms with Gasteiger partial charge in [0.05, 0.1) is 22.9 Å². The number of H-pyrrole nitrogens is 2. The SMILES string of the molecule is C=C(Nc1cn[nH]c1-c1nc2ccccc2[nH]1)C1=C(C)N=C(C)C1. The van der Waals surface area contributed by atoms with Crippen molar-refractivity contribution in [2.24, 2.45) is 4.99 Å². The normalized spacial score (nSPS) is 14.3. The molecule has 0 fully saturated rings. The van der Waals surface area contributed by atoms with Crippen LogP contribution in [0.1, 0.15) is 20.3 Å². The zero-order valence-electron chi connectivity index (χ0n) is 13.6. The van der Waals surface area contributed by atoms with Crippen molar-refractivity contribution in [1.29, 1.82) is 0 Å². The highest BCUT2D eigenvalue weighted by molar-refractivity contribution is 5.89. The number of para-hydroxylation sites is 2. The van der Waals surface area contributed by atoms with Gasteiger partial charge in [-0.05, 0) is 26.0 Å². The molecule has 0 atom stereocenters. The summed E-state index contributed by atoms with van der Waals surface area (Å²) < 4.78 is 0. The van der Waals surface area contributed by atoms with Gasteiger partial charge in [0, 0.05) is 29.1 Å². The van der Waals surface area contributed by atoms with E-state index in [0.717, 1.165) is 57.3 Å². The maximum atomic E-state index is 4.62. The predicted octanol–water partition coefficient (Wildman–Crippen LogP) is 4.02. The predicted molar refractivity (Wildman–Crippen MR) is 96.9 cm³/mol. The van der Waals surface area contributed by atoms with Crippen LogP contribution in [0, 0.1) is 0 Å². The molecule has 1 aliphatic heterocycles. The average Bonchev–Trinajstić information content (AvgIpc) is 3.24. The smallest absolute Gasteiger partial charge is 0.158 e. The highest BCUT2D eigenvalue weighted by Crippen LogP contribution is 2.30. The fraction of sp³-hybridized carbons (Fsp3) is 0.167. The lowest BCUT2D eigenvalue weighted by molar-refractivity contribution is 1.08. The average molecular weight is 318 g/mol. The number of anilines is 1. The summed E-state index contributed by atoms with van der Waals surface area (Å²) in [5.74, 6) is 0.744. The van der Waals surface area contributed by atoms with Crippen molar-refractivity contribution in [2.75, 3.05) is 5.32 Å². The molecule has 1 aromatic carbocycles. The molecule has 0 bridgehead atoms. The number of nitrogens with one attached hydrogen (secondary N) is 3. The molecule has 3 heterocycles. The van der Waals surface area contributed by atoms with Gasteiger partial charge in [-0.2, -0.15) is 5.10 Å². The molecule has 0 aliphatic carbocycles. The number of aliphatic imine (C=N–C) groups is 1. The highest BCUT2D eigenvalue weighted by Gasteiger charge is 2.17. The molecule has 6 heteroatoms. The summed E-state index contributed by atoms with van der Waals surface area (Å²) in [6, 6.07) is 7.93. The highest BCUT2D eigenvalue weighted by atomic mass is 15.2. The van der Waals surface area contributed by atoms with Crippen molar-refractivity contribution < 1.29 is 0 Å². The second-order valence-corrected chi connectivity index (χ2v) is 5.95. The monoisotopic (exact) mass is 318 g/mol. The third-order valence-electron chi connectivity index (χ3n) is 4.14. The molecule has 1 aliphatic rings. The second-order valence-electron chi connectivity index (χ2n) is 5.95. The summed E-state index contributed by atoms with van der Waals surface area (Å²) >= 11 is 0. The van der Waals surface area contributed by atoms with Crippen LogP contribution in [0.4, 0.5) is 5.69 Å². The molecule has 24 heavy (non-hydrogen) atoms.